The van der Waals surface area contributed by atoms with Crippen LogP contribution in [0.1, 0.15) is 35.1 Å². The monoisotopic (exact) mass is 388 g/mol. The Bertz CT molecular complexity index is 1180. The summed E-state index contributed by atoms with van der Waals surface area (Å²) in [5, 5.41) is 5.30. The van der Waals surface area contributed by atoms with Crippen molar-refractivity contribution >= 4 is 28.2 Å². The maximum Gasteiger partial charge on any atom is 0.433 e. The van der Waals surface area contributed by atoms with Gasteiger partial charge in [0.15, 0.2) is 5.65 Å². The highest BCUT2D eigenvalue weighted by atomic mass is 35.5. The van der Waals surface area contributed by atoms with Gasteiger partial charge in [0.1, 0.15) is 10.8 Å². The second kappa shape index (κ2) is 5.66. The van der Waals surface area contributed by atoms with Gasteiger partial charge in [-0.2, -0.15) is 18.3 Å². The van der Waals surface area contributed by atoms with E-state index in [2.05, 4.69) is 15.1 Å². The third-order valence-corrected chi connectivity index (χ3v) is 5.16. The fraction of sp³-hybridized carbons (Fsp3) is 0.211. The molecule has 0 saturated heterocycles. The number of halogens is 4. The topological polar surface area (TPSA) is 43.1 Å². The number of imidazole rings is 1. The van der Waals surface area contributed by atoms with Crippen molar-refractivity contribution in [2.75, 3.05) is 0 Å². The fourth-order valence-electron chi connectivity index (χ4n) is 3.62. The molecule has 1 aromatic carbocycles. The average molecular weight is 389 g/mol. The van der Waals surface area contributed by atoms with Crippen molar-refractivity contribution in [2.24, 2.45) is 0 Å². The molecule has 1 aliphatic carbocycles. The smallest absolute Gasteiger partial charge is 0.243 e. The number of rotatable bonds is 2. The van der Waals surface area contributed by atoms with Crippen LogP contribution < -0.4 is 0 Å². The summed E-state index contributed by atoms with van der Waals surface area (Å²) in [5.74, 6) is 0.533. The van der Waals surface area contributed by atoms with E-state index < -0.39 is 11.9 Å². The lowest BCUT2D eigenvalue weighted by molar-refractivity contribution is -0.140. The number of hydrogen-bond donors (Lipinski definition) is 0. The molecule has 3 aromatic heterocycles. The highest BCUT2D eigenvalue weighted by molar-refractivity contribution is 6.29. The molecular formula is C19H12ClF3N4. The number of pyridine rings is 1. The lowest BCUT2D eigenvalue weighted by atomic mass is 10.0. The van der Waals surface area contributed by atoms with Crippen LogP contribution in [0.4, 0.5) is 13.2 Å². The molecule has 1 saturated carbocycles. The summed E-state index contributed by atoms with van der Waals surface area (Å²) < 4.78 is 40.1. The minimum atomic E-state index is -4.44. The first-order chi connectivity index (χ1) is 12.9. The zero-order valence-electron chi connectivity index (χ0n) is 13.8. The molecule has 8 heteroatoms. The second-order valence-corrected chi connectivity index (χ2v) is 7.10. The van der Waals surface area contributed by atoms with Crippen LogP contribution in [0.25, 0.3) is 16.6 Å². The van der Waals surface area contributed by atoms with E-state index in [1.807, 2.05) is 18.2 Å². The van der Waals surface area contributed by atoms with Gasteiger partial charge in [0.25, 0.3) is 0 Å². The number of hydrogen-bond acceptors (Lipinski definition) is 3. The second-order valence-electron chi connectivity index (χ2n) is 6.71. The third kappa shape index (κ3) is 2.82. The molecule has 0 unspecified atom stereocenters. The molecule has 0 radical (unpaired) electrons. The van der Waals surface area contributed by atoms with Gasteiger partial charge in [-0.15, -0.1) is 0 Å². The summed E-state index contributed by atoms with van der Waals surface area (Å²) in [4.78, 5) is 8.08. The van der Waals surface area contributed by atoms with Gasteiger partial charge in [-0.1, -0.05) is 23.7 Å². The van der Waals surface area contributed by atoms with Crippen molar-refractivity contribution in [1.82, 2.24) is 19.6 Å². The number of aromatic nitrogens is 4. The molecule has 4 nitrogen and oxygen atoms in total. The van der Waals surface area contributed by atoms with Gasteiger partial charge in [0.05, 0.1) is 5.52 Å². The Hall–Kier alpha value is -2.67. The summed E-state index contributed by atoms with van der Waals surface area (Å²) in [6.07, 6.45) is -0.0748. The molecule has 4 aromatic rings. The van der Waals surface area contributed by atoms with Crippen LogP contribution in [0.5, 0.6) is 0 Å². The molecule has 0 spiro atoms. The van der Waals surface area contributed by atoms with Gasteiger partial charge < -0.3 is 0 Å². The molecule has 5 rings (SSSR count). The van der Waals surface area contributed by atoms with Gasteiger partial charge in [-0.3, -0.25) is 0 Å². The van der Waals surface area contributed by atoms with Gasteiger partial charge in [0.2, 0.25) is 0 Å². The van der Waals surface area contributed by atoms with E-state index in [0.29, 0.717) is 16.1 Å². The normalized spacial score (nSPS) is 19.7. The lowest BCUT2D eigenvalue weighted by Crippen LogP contribution is -2.07. The number of alkyl halides is 3. The molecule has 0 N–H and O–H groups in total. The van der Waals surface area contributed by atoms with E-state index in [1.54, 1.807) is 23.0 Å². The first kappa shape index (κ1) is 16.5. The van der Waals surface area contributed by atoms with E-state index in [1.165, 1.54) is 6.07 Å². The molecule has 0 bridgehead atoms. The highest BCUT2D eigenvalue weighted by Gasteiger charge is 2.41. The van der Waals surface area contributed by atoms with Crippen LogP contribution in [-0.2, 0) is 6.18 Å². The third-order valence-electron chi connectivity index (χ3n) is 4.98. The van der Waals surface area contributed by atoms with Crippen LogP contribution in [0, 0.1) is 0 Å². The maximum atomic E-state index is 12.8. The Morgan fingerprint density at radius 1 is 1.07 bits per heavy atom. The standard InChI is InChI=1S/C19H12ClF3N4/c20-17-9-14(18-24-5-6-27(18)26-17)13-8-12(13)10-1-3-15-11(7-10)2-4-16(25-15)19(21,22)23/h1-7,9,12-13H,8H2/t12-,13+/m1/s1. The van der Waals surface area contributed by atoms with E-state index in [-0.39, 0.29) is 11.8 Å². The molecule has 3 heterocycles. The van der Waals surface area contributed by atoms with Crippen LogP contribution in [0.2, 0.25) is 5.15 Å². The molecule has 27 heavy (non-hydrogen) atoms. The van der Waals surface area contributed by atoms with E-state index in [4.69, 9.17) is 11.6 Å². The maximum absolute atomic E-state index is 12.8. The van der Waals surface area contributed by atoms with Crippen molar-refractivity contribution in [3.05, 3.63) is 70.8 Å². The van der Waals surface area contributed by atoms with Crippen molar-refractivity contribution in [3.8, 4) is 0 Å². The van der Waals surface area contributed by atoms with E-state index >= 15 is 0 Å². The van der Waals surface area contributed by atoms with E-state index in [9.17, 15) is 13.2 Å². The quantitative estimate of drug-likeness (QED) is 0.473. The molecule has 136 valence electrons. The molecule has 1 aliphatic rings. The number of nitrogens with zero attached hydrogens (tertiary/aromatic N) is 4. The Balaban J connectivity index is 1.49. The Morgan fingerprint density at radius 2 is 1.93 bits per heavy atom. The Kier molecular flexibility index (Phi) is 3.46. The summed E-state index contributed by atoms with van der Waals surface area (Å²) in [7, 11) is 0. The van der Waals surface area contributed by atoms with Gasteiger partial charge in [-0.25, -0.2) is 14.5 Å². The minimum Gasteiger partial charge on any atom is -0.243 e. The predicted octanol–water partition coefficient (Wildman–Crippen LogP) is 5.22. The van der Waals surface area contributed by atoms with Crippen molar-refractivity contribution < 1.29 is 13.2 Å². The fourth-order valence-corrected chi connectivity index (χ4v) is 3.82. The summed E-state index contributed by atoms with van der Waals surface area (Å²) in [6.45, 7) is 0. The Morgan fingerprint density at radius 3 is 2.74 bits per heavy atom. The molecule has 1 fully saturated rings. The number of fused-ring (bicyclic) bond motifs is 2. The summed E-state index contributed by atoms with van der Waals surface area (Å²) in [6, 6.07) is 9.76. The summed E-state index contributed by atoms with van der Waals surface area (Å²) in [5.41, 5.74) is 2.36. The molecule has 0 amide bonds. The first-order valence-corrected chi connectivity index (χ1v) is 8.75. The molecule has 0 aliphatic heterocycles. The zero-order chi connectivity index (χ0) is 18.8. The van der Waals surface area contributed by atoms with Gasteiger partial charge >= 0.3 is 6.18 Å². The van der Waals surface area contributed by atoms with Crippen LogP contribution in [0.3, 0.4) is 0 Å². The number of benzene rings is 1. The summed E-state index contributed by atoms with van der Waals surface area (Å²) >= 11 is 6.12. The largest absolute Gasteiger partial charge is 0.433 e. The van der Waals surface area contributed by atoms with Gasteiger partial charge in [0, 0.05) is 23.3 Å². The zero-order valence-corrected chi connectivity index (χ0v) is 14.5. The lowest BCUT2D eigenvalue weighted by Gasteiger charge is -2.08. The van der Waals surface area contributed by atoms with E-state index in [0.717, 1.165) is 29.3 Å². The van der Waals surface area contributed by atoms with Crippen LogP contribution in [0.15, 0.2) is 48.8 Å². The first-order valence-electron chi connectivity index (χ1n) is 8.38. The SMILES string of the molecule is FC(F)(F)c1ccc2cc([C@H]3C[C@@H]3c3cc(Cl)nn4ccnc34)ccc2n1. The van der Waals surface area contributed by atoms with Crippen LogP contribution in [-0.4, -0.2) is 19.6 Å². The minimum absolute atomic E-state index is 0.259. The molecular weight excluding hydrogens is 377 g/mol. The Labute approximate surface area is 156 Å². The van der Waals surface area contributed by atoms with Crippen molar-refractivity contribution in [1.29, 1.82) is 0 Å². The highest BCUT2D eigenvalue weighted by Crippen LogP contribution is 2.55. The average Bonchev–Trinajstić information content (AvgIpc) is 3.29. The van der Waals surface area contributed by atoms with Crippen molar-refractivity contribution in [3.63, 3.8) is 0 Å². The predicted molar refractivity (Wildman–Crippen MR) is 94.8 cm³/mol. The van der Waals surface area contributed by atoms with Gasteiger partial charge in [-0.05, 0) is 48.1 Å². The van der Waals surface area contributed by atoms with Crippen molar-refractivity contribution in [2.45, 2.75) is 24.4 Å². The van der Waals surface area contributed by atoms with Crippen LogP contribution >= 0.6 is 11.6 Å². The molecule has 2 atom stereocenters.